The van der Waals surface area contributed by atoms with Crippen molar-refractivity contribution in [2.45, 2.75) is 45.8 Å². The molecule has 1 aromatic rings. The summed E-state index contributed by atoms with van der Waals surface area (Å²) in [6.45, 7) is 7.08. The van der Waals surface area contributed by atoms with Gasteiger partial charge in [0, 0.05) is 6.08 Å². The van der Waals surface area contributed by atoms with Crippen molar-refractivity contribution in [2.24, 2.45) is 0 Å². The molecule has 1 rings (SSSR count). The van der Waals surface area contributed by atoms with Gasteiger partial charge in [-0.25, -0.2) is 9.59 Å². The molecule has 0 saturated carbocycles. The van der Waals surface area contributed by atoms with E-state index in [0.29, 0.717) is 11.5 Å². The van der Waals surface area contributed by atoms with Crippen LogP contribution in [0.15, 0.2) is 42.5 Å². The number of nitrogens with zero attached hydrogens (tertiary/aromatic N) is 1. The van der Waals surface area contributed by atoms with E-state index in [2.05, 4.69) is 0 Å². The molecule has 24 heavy (non-hydrogen) atoms. The zero-order chi connectivity index (χ0) is 18.2. The van der Waals surface area contributed by atoms with Crippen LogP contribution in [0.2, 0.25) is 0 Å². The molecule has 0 aliphatic heterocycles. The SMILES string of the molecule is CCOC(=O)/C=C/[C@@H](Cc1ccccc1)N(O)C(=O)OC(C)(C)C. The highest BCUT2D eigenvalue weighted by atomic mass is 16.6. The summed E-state index contributed by atoms with van der Waals surface area (Å²) in [6, 6.07) is 8.57. The van der Waals surface area contributed by atoms with Crippen LogP contribution in [0, 0.1) is 0 Å². The van der Waals surface area contributed by atoms with Gasteiger partial charge < -0.3 is 9.47 Å². The number of carbonyl (C=O) groups excluding carboxylic acids is 2. The van der Waals surface area contributed by atoms with E-state index in [4.69, 9.17) is 9.47 Å². The smallest absolute Gasteiger partial charge is 0.434 e. The van der Waals surface area contributed by atoms with Gasteiger partial charge in [0.1, 0.15) is 5.60 Å². The molecule has 1 amide bonds. The zero-order valence-corrected chi connectivity index (χ0v) is 14.6. The molecule has 132 valence electrons. The number of hydroxylamine groups is 2. The third kappa shape index (κ3) is 7.28. The minimum atomic E-state index is -0.878. The van der Waals surface area contributed by atoms with Gasteiger partial charge in [0.15, 0.2) is 0 Å². The van der Waals surface area contributed by atoms with Crippen LogP contribution in [-0.2, 0) is 20.7 Å². The fourth-order valence-electron chi connectivity index (χ4n) is 1.92. The quantitative estimate of drug-likeness (QED) is 0.373. The lowest BCUT2D eigenvalue weighted by Gasteiger charge is -2.27. The van der Waals surface area contributed by atoms with Crippen LogP contribution in [0.4, 0.5) is 4.79 Å². The Hall–Kier alpha value is -2.34. The largest absolute Gasteiger partial charge is 0.463 e. The number of benzene rings is 1. The molecule has 6 nitrogen and oxygen atoms in total. The molecule has 0 radical (unpaired) electrons. The lowest BCUT2D eigenvalue weighted by molar-refractivity contribution is -0.137. The zero-order valence-electron chi connectivity index (χ0n) is 14.6. The second-order valence-electron chi connectivity index (χ2n) is 6.19. The third-order valence-electron chi connectivity index (χ3n) is 2.92. The Morgan fingerprint density at radius 2 is 1.88 bits per heavy atom. The van der Waals surface area contributed by atoms with Crippen molar-refractivity contribution in [1.29, 1.82) is 0 Å². The molecule has 0 bridgehead atoms. The molecular formula is C18H25NO5. The molecule has 6 heteroatoms. The first kappa shape index (κ1) is 19.7. The molecule has 0 spiro atoms. The first-order valence-electron chi connectivity index (χ1n) is 7.83. The van der Waals surface area contributed by atoms with Crippen molar-refractivity contribution in [3.63, 3.8) is 0 Å². The van der Waals surface area contributed by atoms with Crippen LogP contribution in [0.1, 0.15) is 33.3 Å². The lowest BCUT2D eigenvalue weighted by Crippen LogP contribution is -2.41. The van der Waals surface area contributed by atoms with Gasteiger partial charge in [0.05, 0.1) is 12.6 Å². The molecule has 0 aliphatic rings. The summed E-state index contributed by atoms with van der Waals surface area (Å²) in [7, 11) is 0. The predicted molar refractivity (Wildman–Crippen MR) is 89.6 cm³/mol. The third-order valence-corrected chi connectivity index (χ3v) is 2.92. The first-order chi connectivity index (χ1) is 11.2. The van der Waals surface area contributed by atoms with Gasteiger partial charge in [-0.05, 0) is 39.7 Å². The van der Waals surface area contributed by atoms with E-state index in [9.17, 15) is 14.8 Å². The van der Waals surface area contributed by atoms with Gasteiger partial charge in [0.2, 0.25) is 0 Å². The Morgan fingerprint density at radius 1 is 1.25 bits per heavy atom. The molecule has 0 aliphatic carbocycles. The number of carbonyl (C=O) groups is 2. The highest BCUT2D eigenvalue weighted by Gasteiger charge is 2.26. The summed E-state index contributed by atoms with van der Waals surface area (Å²) >= 11 is 0. The molecule has 1 N–H and O–H groups in total. The van der Waals surface area contributed by atoms with Crippen molar-refractivity contribution >= 4 is 12.1 Å². The molecule has 0 aromatic heterocycles. The van der Waals surface area contributed by atoms with Gasteiger partial charge in [0.25, 0.3) is 0 Å². The number of hydrogen-bond acceptors (Lipinski definition) is 5. The normalized spacial score (nSPS) is 12.7. The Bertz CT molecular complexity index is 563. The number of rotatable bonds is 6. The van der Waals surface area contributed by atoms with Gasteiger partial charge in [-0.2, -0.15) is 5.06 Å². The summed E-state index contributed by atoms with van der Waals surface area (Å²) in [6.07, 6.45) is 2.07. The first-order valence-corrected chi connectivity index (χ1v) is 7.83. The summed E-state index contributed by atoms with van der Waals surface area (Å²) < 4.78 is 9.98. The highest BCUT2D eigenvalue weighted by molar-refractivity contribution is 5.82. The summed E-state index contributed by atoms with van der Waals surface area (Å²) in [5.74, 6) is -0.534. The highest BCUT2D eigenvalue weighted by Crippen LogP contribution is 2.14. The maximum Gasteiger partial charge on any atom is 0.434 e. The van der Waals surface area contributed by atoms with Gasteiger partial charge in [-0.3, -0.25) is 5.21 Å². The summed E-state index contributed by atoms with van der Waals surface area (Å²) in [4.78, 5) is 23.6. The minimum Gasteiger partial charge on any atom is -0.463 e. The maximum absolute atomic E-state index is 12.1. The van der Waals surface area contributed by atoms with Crippen molar-refractivity contribution in [3.8, 4) is 0 Å². The van der Waals surface area contributed by atoms with E-state index < -0.39 is 23.7 Å². The second-order valence-corrected chi connectivity index (χ2v) is 6.19. The lowest BCUT2D eigenvalue weighted by atomic mass is 10.1. The van der Waals surface area contributed by atoms with E-state index in [0.717, 1.165) is 5.56 Å². The van der Waals surface area contributed by atoms with Crippen LogP contribution in [-0.4, -0.2) is 40.6 Å². The molecule has 0 unspecified atom stereocenters. The average Bonchev–Trinajstić information content (AvgIpc) is 2.50. The van der Waals surface area contributed by atoms with Crippen LogP contribution < -0.4 is 0 Å². The van der Waals surface area contributed by atoms with Gasteiger partial charge >= 0.3 is 12.1 Å². The molecular weight excluding hydrogens is 310 g/mol. The molecule has 0 fully saturated rings. The van der Waals surface area contributed by atoms with E-state index in [1.807, 2.05) is 30.3 Å². The van der Waals surface area contributed by atoms with Crippen LogP contribution in [0.5, 0.6) is 0 Å². The predicted octanol–water partition coefficient (Wildman–Crippen LogP) is 3.34. The van der Waals surface area contributed by atoms with Crippen LogP contribution in [0.3, 0.4) is 0 Å². The average molecular weight is 335 g/mol. The fourth-order valence-corrected chi connectivity index (χ4v) is 1.92. The van der Waals surface area contributed by atoms with Crippen molar-refractivity contribution in [1.82, 2.24) is 5.06 Å². The summed E-state index contributed by atoms with van der Waals surface area (Å²) in [5.41, 5.74) is 0.166. The van der Waals surface area contributed by atoms with E-state index in [-0.39, 0.29) is 6.61 Å². The minimum absolute atomic E-state index is 0.251. The van der Waals surface area contributed by atoms with Crippen LogP contribution in [0.25, 0.3) is 0 Å². The Morgan fingerprint density at radius 3 is 2.42 bits per heavy atom. The summed E-state index contributed by atoms with van der Waals surface area (Å²) in [5, 5.41) is 10.7. The number of hydrogen-bond donors (Lipinski definition) is 1. The maximum atomic E-state index is 12.1. The molecule has 0 saturated heterocycles. The van der Waals surface area contributed by atoms with Crippen molar-refractivity contribution in [3.05, 3.63) is 48.0 Å². The van der Waals surface area contributed by atoms with Gasteiger partial charge in [-0.1, -0.05) is 36.4 Å². The van der Waals surface area contributed by atoms with E-state index >= 15 is 0 Å². The van der Waals surface area contributed by atoms with Crippen molar-refractivity contribution in [2.75, 3.05) is 6.61 Å². The van der Waals surface area contributed by atoms with Gasteiger partial charge in [-0.15, -0.1) is 0 Å². The van der Waals surface area contributed by atoms with Crippen LogP contribution >= 0.6 is 0 Å². The Balaban J connectivity index is 2.90. The Labute approximate surface area is 142 Å². The second kappa shape index (κ2) is 9.08. The number of ether oxygens (including phenoxy) is 2. The molecule has 1 atom stereocenters. The van der Waals surface area contributed by atoms with E-state index in [1.54, 1.807) is 27.7 Å². The number of amides is 1. The molecule has 1 aromatic carbocycles. The Kier molecular flexibility index (Phi) is 7.45. The fraction of sp³-hybridized carbons (Fsp3) is 0.444. The van der Waals surface area contributed by atoms with Crippen molar-refractivity contribution < 1.29 is 24.3 Å². The number of esters is 1. The molecule has 0 heterocycles. The van der Waals surface area contributed by atoms with E-state index in [1.165, 1.54) is 12.2 Å². The topological polar surface area (TPSA) is 76.1 Å². The standard InChI is InChI=1S/C18H25NO5/c1-5-23-16(20)12-11-15(13-14-9-7-6-8-10-14)19(22)17(21)24-18(2,3)4/h6-12,15,22H,5,13H2,1-4H3/b12-11+/t15-/m0/s1. The monoisotopic (exact) mass is 335 g/mol.